The summed E-state index contributed by atoms with van der Waals surface area (Å²) in [6.45, 7) is 2.65. The number of pyridine rings is 1. The van der Waals surface area contributed by atoms with E-state index in [0.29, 0.717) is 12.4 Å². The number of anilines is 1. The first-order chi connectivity index (χ1) is 12.4. The summed E-state index contributed by atoms with van der Waals surface area (Å²) >= 11 is 0. The molecule has 0 saturated heterocycles. The molecular formula is C18H21N5O2S. The number of aromatic nitrogens is 3. The van der Waals surface area contributed by atoms with Crippen LogP contribution in [0.25, 0.3) is 5.69 Å². The SMILES string of the molecule is Cc1cc(-n2ccnc2)ccc1CNc1ccc(S(=O)(=O)N(C)C)cn1. The number of hydrogen-bond acceptors (Lipinski definition) is 5. The highest BCUT2D eigenvalue weighted by Crippen LogP contribution is 2.17. The fourth-order valence-electron chi connectivity index (χ4n) is 2.48. The summed E-state index contributed by atoms with van der Waals surface area (Å²) < 4.78 is 27.2. The van der Waals surface area contributed by atoms with Gasteiger partial charge in [0, 0.05) is 44.9 Å². The first-order valence-corrected chi connectivity index (χ1v) is 9.52. The van der Waals surface area contributed by atoms with E-state index in [-0.39, 0.29) is 4.90 Å². The predicted octanol–water partition coefficient (Wildman–Crippen LogP) is 2.44. The molecule has 0 unspecified atom stereocenters. The lowest BCUT2D eigenvalue weighted by molar-refractivity contribution is 0.520. The average Bonchev–Trinajstić information content (AvgIpc) is 3.15. The van der Waals surface area contributed by atoms with Crippen LogP contribution in [0.3, 0.4) is 0 Å². The zero-order valence-corrected chi connectivity index (χ0v) is 15.7. The van der Waals surface area contributed by atoms with Crippen molar-refractivity contribution in [2.24, 2.45) is 0 Å². The van der Waals surface area contributed by atoms with Crippen molar-refractivity contribution < 1.29 is 8.42 Å². The van der Waals surface area contributed by atoms with Crippen molar-refractivity contribution in [3.63, 3.8) is 0 Å². The molecule has 0 radical (unpaired) electrons. The molecular weight excluding hydrogens is 350 g/mol. The van der Waals surface area contributed by atoms with Gasteiger partial charge >= 0.3 is 0 Å². The molecule has 0 aliphatic heterocycles. The third kappa shape index (κ3) is 3.76. The number of benzene rings is 1. The molecule has 0 atom stereocenters. The van der Waals surface area contributed by atoms with Crippen LogP contribution in [0.1, 0.15) is 11.1 Å². The topological polar surface area (TPSA) is 80.1 Å². The molecule has 2 heterocycles. The van der Waals surface area contributed by atoms with E-state index in [2.05, 4.69) is 34.3 Å². The standard InChI is InChI=1S/C18H21N5O2S/c1-14-10-16(23-9-8-19-13-23)5-4-15(14)11-20-18-7-6-17(12-21-18)26(24,25)22(2)3/h4-10,12-13H,11H2,1-3H3,(H,20,21). The molecule has 3 aromatic rings. The van der Waals surface area contributed by atoms with Gasteiger partial charge in [0.2, 0.25) is 10.0 Å². The number of aryl methyl sites for hydroxylation is 1. The van der Waals surface area contributed by atoms with Gasteiger partial charge in [0.25, 0.3) is 0 Å². The van der Waals surface area contributed by atoms with E-state index in [1.807, 2.05) is 16.8 Å². The van der Waals surface area contributed by atoms with Crippen LogP contribution in [-0.2, 0) is 16.6 Å². The quantitative estimate of drug-likeness (QED) is 0.720. The molecule has 0 aliphatic carbocycles. The van der Waals surface area contributed by atoms with Gasteiger partial charge in [0.05, 0.1) is 6.33 Å². The molecule has 0 bridgehead atoms. The van der Waals surface area contributed by atoms with Gasteiger partial charge in [-0.25, -0.2) is 22.7 Å². The van der Waals surface area contributed by atoms with Crippen LogP contribution in [0.4, 0.5) is 5.82 Å². The molecule has 1 aromatic carbocycles. The minimum Gasteiger partial charge on any atom is -0.366 e. The molecule has 0 amide bonds. The molecule has 1 N–H and O–H groups in total. The predicted molar refractivity (Wildman–Crippen MR) is 101 cm³/mol. The second kappa shape index (κ2) is 7.27. The van der Waals surface area contributed by atoms with Crippen molar-refractivity contribution >= 4 is 15.8 Å². The highest BCUT2D eigenvalue weighted by atomic mass is 32.2. The maximum atomic E-state index is 12.1. The number of nitrogens with zero attached hydrogens (tertiary/aromatic N) is 4. The Balaban J connectivity index is 1.69. The molecule has 0 spiro atoms. The van der Waals surface area contributed by atoms with Gasteiger partial charge in [-0.15, -0.1) is 0 Å². The Morgan fingerprint density at radius 3 is 2.58 bits per heavy atom. The van der Waals surface area contributed by atoms with Gasteiger partial charge in [-0.1, -0.05) is 6.07 Å². The van der Waals surface area contributed by atoms with Gasteiger partial charge < -0.3 is 9.88 Å². The van der Waals surface area contributed by atoms with E-state index in [1.165, 1.54) is 24.6 Å². The van der Waals surface area contributed by atoms with Crippen molar-refractivity contribution in [1.29, 1.82) is 0 Å². The fraction of sp³-hybridized carbons (Fsp3) is 0.222. The second-order valence-electron chi connectivity index (χ2n) is 6.10. The van der Waals surface area contributed by atoms with Crippen LogP contribution in [0.15, 0.2) is 60.1 Å². The number of sulfonamides is 1. The molecule has 136 valence electrons. The molecule has 3 rings (SSSR count). The number of nitrogens with one attached hydrogen (secondary N) is 1. The lowest BCUT2D eigenvalue weighted by atomic mass is 10.1. The van der Waals surface area contributed by atoms with Gasteiger partial charge in [0.1, 0.15) is 10.7 Å². The molecule has 0 aliphatic rings. The van der Waals surface area contributed by atoms with Crippen molar-refractivity contribution in [3.05, 3.63) is 66.4 Å². The van der Waals surface area contributed by atoms with Gasteiger partial charge in [-0.2, -0.15) is 0 Å². The van der Waals surface area contributed by atoms with Crippen molar-refractivity contribution in [3.8, 4) is 5.69 Å². The largest absolute Gasteiger partial charge is 0.366 e. The van der Waals surface area contributed by atoms with Gasteiger partial charge in [0.15, 0.2) is 0 Å². The fourth-order valence-corrected chi connectivity index (χ4v) is 3.33. The summed E-state index contributed by atoms with van der Waals surface area (Å²) in [5, 5.41) is 3.23. The maximum Gasteiger partial charge on any atom is 0.244 e. The van der Waals surface area contributed by atoms with Crippen LogP contribution in [-0.4, -0.2) is 41.4 Å². The molecule has 7 nitrogen and oxygen atoms in total. The second-order valence-corrected chi connectivity index (χ2v) is 8.25. The summed E-state index contributed by atoms with van der Waals surface area (Å²) in [6, 6.07) is 9.42. The van der Waals surface area contributed by atoms with Crippen molar-refractivity contribution in [2.75, 3.05) is 19.4 Å². The van der Waals surface area contributed by atoms with Crippen LogP contribution in [0, 0.1) is 6.92 Å². The summed E-state index contributed by atoms with van der Waals surface area (Å²) in [6.07, 6.45) is 6.78. The lowest BCUT2D eigenvalue weighted by Gasteiger charge is -2.13. The third-order valence-corrected chi connectivity index (χ3v) is 5.90. The zero-order chi connectivity index (χ0) is 18.7. The van der Waals surface area contributed by atoms with Crippen LogP contribution < -0.4 is 5.32 Å². The van der Waals surface area contributed by atoms with E-state index in [0.717, 1.165) is 16.8 Å². The van der Waals surface area contributed by atoms with E-state index in [4.69, 9.17) is 0 Å². The minimum absolute atomic E-state index is 0.175. The molecule has 26 heavy (non-hydrogen) atoms. The molecule has 0 saturated carbocycles. The molecule has 2 aromatic heterocycles. The van der Waals surface area contributed by atoms with Gasteiger partial charge in [-0.05, 0) is 42.3 Å². The summed E-state index contributed by atoms with van der Waals surface area (Å²) in [5.41, 5.74) is 3.34. The van der Waals surface area contributed by atoms with E-state index in [9.17, 15) is 8.42 Å². The van der Waals surface area contributed by atoms with Crippen molar-refractivity contribution in [1.82, 2.24) is 18.8 Å². The third-order valence-electron chi connectivity index (χ3n) is 4.10. The van der Waals surface area contributed by atoms with Crippen LogP contribution >= 0.6 is 0 Å². The summed E-state index contributed by atoms with van der Waals surface area (Å²) in [5.74, 6) is 0.626. The van der Waals surface area contributed by atoms with Crippen molar-refractivity contribution in [2.45, 2.75) is 18.4 Å². The van der Waals surface area contributed by atoms with Crippen LogP contribution in [0.2, 0.25) is 0 Å². The number of imidazole rings is 1. The Hall–Kier alpha value is -2.71. The first kappa shape index (κ1) is 18.1. The first-order valence-electron chi connectivity index (χ1n) is 8.08. The molecule has 8 heteroatoms. The zero-order valence-electron chi connectivity index (χ0n) is 14.9. The average molecular weight is 371 g/mol. The molecule has 0 fully saturated rings. The summed E-state index contributed by atoms with van der Waals surface area (Å²) in [4.78, 5) is 8.43. The highest BCUT2D eigenvalue weighted by Gasteiger charge is 2.17. The highest BCUT2D eigenvalue weighted by molar-refractivity contribution is 7.89. The smallest absolute Gasteiger partial charge is 0.244 e. The summed E-state index contributed by atoms with van der Waals surface area (Å²) in [7, 11) is -0.463. The Labute approximate surface area is 153 Å². The van der Waals surface area contributed by atoms with Gasteiger partial charge in [-0.3, -0.25) is 0 Å². The van der Waals surface area contributed by atoms with E-state index < -0.39 is 10.0 Å². The Kier molecular flexibility index (Phi) is 5.06. The minimum atomic E-state index is -3.46. The van der Waals surface area contributed by atoms with E-state index >= 15 is 0 Å². The Morgan fingerprint density at radius 2 is 2.00 bits per heavy atom. The Morgan fingerprint density at radius 1 is 1.19 bits per heavy atom. The van der Waals surface area contributed by atoms with Crippen LogP contribution in [0.5, 0.6) is 0 Å². The van der Waals surface area contributed by atoms with E-state index in [1.54, 1.807) is 24.7 Å². The number of hydrogen-bond donors (Lipinski definition) is 1. The maximum absolute atomic E-state index is 12.1. The number of rotatable bonds is 6. The lowest BCUT2D eigenvalue weighted by Crippen LogP contribution is -2.22. The monoisotopic (exact) mass is 371 g/mol. The normalized spacial score (nSPS) is 11.7. The Bertz CT molecular complexity index is 981.